The molecule has 18 heavy (non-hydrogen) atoms. The molecule has 0 fully saturated rings. The summed E-state index contributed by atoms with van der Waals surface area (Å²) in [5.41, 5.74) is 0. The first-order valence-electron chi connectivity index (χ1n) is 5.66. The van der Waals surface area contributed by atoms with Gasteiger partial charge in [-0.3, -0.25) is 0 Å². The van der Waals surface area contributed by atoms with Crippen LogP contribution in [0.3, 0.4) is 0 Å². The number of aliphatic hydroxyl groups is 1. The summed E-state index contributed by atoms with van der Waals surface area (Å²) in [5.74, 6) is -1.30. The summed E-state index contributed by atoms with van der Waals surface area (Å²) in [4.78, 5) is 24.0. The van der Waals surface area contributed by atoms with E-state index >= 15 is 0 Å². The van der Waals surface area contributed by atoms with Gasteiger partial charge in [-0.1, -0.05) is 0 Å². The summed E-state index contributed by atoms with van der Waals surface area (Å²) in [6, 6.07) is -0.209. The fourth-order valence-electron chi connectivity index (χ4n) is 1.37. The second-order valence-corrected chi connectivity index (χ2v) is 4.20. The van der Waals surface area contributed by atoms with E-state index in [9.17, 15) is 14.7 Å². The van der Waals surface area contributed by atoms with Gasteiger partial charge in [0.05, 0.1) is 18.6 Å². The van der Waals surface area contributed by atoms with Gasteiger partial charge in [0.25, 0.3) is 0 Å². The van der Waals surface area contributed by atoms with Crippen molar-refractivity contribution in [2.24, 2.45) is 0 Å². The molecule has 0 aliphatic heterocycles. The molecule has 0 aromatic carbocycles. The molecule has 0 bridgehead atoms. The highest BCUT2D eigenvalue weighted by atomic mass is 16.4. The predicted octanol–water partition coefficient (Wildman–Crippen LogP) is 0.154. The molecule has 0 saturated heterocycles. The van der Waals surface area contributed by atoms with Crippen LogP contribution in [0.1, 0.15) is 27.2 Å². The monoisotopic (exact) mass is 257 g/mol. The molecule has 0 rings (SSSR count). The molecule has 0 aliphatic rings. The van der Waals surface area contributed by atoms with Gasteiger partial charge in [0.1, 0.15) is 0 Å². The van der Waals surface area contributed by atoms with E-state index in [0.717, 1.165) is 0 Å². The minimum atomic E-state index is -1.36. The zero-order valence-electron chi connectivity index (χ0n) is 10.8. The maximum Gasteiger partial charge on any atom is 0.328 e. The molecule has 0 spiro atoms. The molecule has 2 amide bonds. The Bertz CT molecular complexity index is 336. The van der Waals surface area contributed by atoms with Crippen molar-refractivity contribution in [1.82, 2.24) is 10.2 Å². The third-order valence-corrected chi connectivity index (χ3v) is 2.38. The van der Waals surface area contributed by atoms with Crippen LogP contribution < -0.4 is 5.32 Å². The SMILES string of the molecule is CC(C)N(CCC#N)C(=O)N[C@H](C(=O)O)[C@@H](C)O. The molecule has 0 radical (unpaired) electrons. The zero-order valence-corrected chi connectivity index (χ0v) is 10.8. The summed E-state index contributed by atoms with van der Waals surface area (Å²) in [6.45, 7) is 5.02. The van der Waals surface area contributed by atoms with E-state index in [1.807, 2.05) is 6.07 Å². The van der Waals surface area contributed by atoms with E-state index in [4.69, 9.17) is 10.4 Å². The Kier molecular flexibility index (Phi) is 6.75. The fraction of sp³-hybridized carbons (Fsp3) is 0.727. The van der Waals surface area contributed by atoms with Gasteiger partial charge in [0.2, 0.25) is 0 Å². The highest BCUT2D eigenvalue weighted by Crippen LogP contribution is 2.02. The lowest BCUT2D eigenvalue weighted by Gasteiger charge is -2.28. The van der Waals surface area contributed by atoms with Crippen molar-refractivity contribution < 1.29 is 19.8 Å². The van der Waals surface area contributed by atoms with Gasteiger partial charge in [0.15, 0.2) is 6.04 Å². The van der Waals surface area contributed by atoms with E-state index in [2.05, 4.69) is 5.32 Å². The molecule has 102 valence electrons. The van der Waals surface area contributed by atoms with Crippen molar-refractivity contribution >= 4 is 12.0 Å². The van der Waals surface area contributed by atoms with Crippen LogP contribution in [0.2, 0.25) is 0 Å². The van der Waals surface area contributed by atoms with E-state index in [1.165, 1.54) is 11.8 Å². The van der Waals surface area contributed by atoms with Gasteiger partial charge >= 0.3 is 12.0 Å². The summed E-state index contributed by atoms with van der Waals surface area (Å²) in [7, 11) is 0. The first-order chi connectivity index (χ1) is 8.31. The highest BCUT2D eigenvalue weighted by Gasteiger charge is 2.27. The number of hydrogen-bond acceptors (Lipinski definition) is 4. The molecule has 3 N–H and O–H groups in total. The Balaban J connectivity index is 4.68. The lowest BCUT2D eigenvalue weighted by molar-refractivity contribution is -0.141. The molecule has 7 heteroatoms. The first kappa shape index (κ1) is 16.2. The zero-order chi connectivity index (χ0) is 14.3. The predicted molar refractivity (Wildman–Crippen MR) is 63.7 cm³/mol. The van der Waals surface area contributed by atoms with Crippen molar-refractivity contribution in [2.45, 2.75) is 45.4 Å². The summed E-state index contributed by atoms with van der Waals surface area (Å²) >= 11 is 0. The van der Waals surface area contributed by atoms with Gasteiger partial charge in [0, 0.05) is 12.6 Å². The lowest BCUT2D eigenvalue weighted by atomic mass is 10.2. The van der Waals surface area contributed by atoms with Crippen LogP contribution >= 0.6 is 0 Å². The molecule has 0 aliphatic carbocycles. The maximum atomic E-state index is 11.8. The maximum absolute atomic E-state index is 11.8. The number of carbonyl (C=O) groups excluding carboxylic acids is 1. The molecule has 0 aromatic rings. The van der Waals surface area contributed by atoms with E-state index in [1.54, 1.807) is 13.8 Å². The largest absolute Gasteiger partial charge is 0.480 e. The Labute approximate surface area is 106 Å². The summed E-state index contributed by atoms with van der Waals surface area (Å²) < 4.78 is 0. The number of carbonyl (C=O) groups is 2. The number of nitrogens with zero attached hydrogens (tertiary/aromatic N) is 2. The second-order valence-electron chi connectivity index (χ2n) is 4.20. The first-order valence-corrected chi connectivity index (χ1v) is 5.66. The number of amides is 2. The molecule has 0 saturated carbocycles. The van der Waals surface area contributed by atoms with Crippen LogP contribution in [-0.4, -0.2) is 51.8 Å². The van der Waals surface area contributed by atoms with Crippen LogP contribution in [0.5, 0.6) is 0 Å². The molecule has 0 heterocycles. The van der Waals surface area contributed by atoms with Gasteiger partial charge in [-0.05, 0) is 20.8 Å². The van der Waals surface area contributed by atoms with Crippen LogP contribution in [0.15, 0.2) is 0 Å². The Morgan fingerprint density at radius 3 is 2.28 bits per heavy atom. The average Bonchev–Trinajstić information content (AvgIpc) is 2.24. The number of nitrogens with one attached hydrogen (secondary N) is 1. The third kappa shape index (κ3) is 5.01. The number of aliphatic carboxylic acids is 1. The van der Waals surface area contributed by atoms with Crippen molar-refractivity contribution in [1.29, 1.82) is 5.26 Å². The van der Waals surface area contributed by atoms with E-state index < -0.39 is 24.1 Å². The Hall–Kier alpha value is -1.81. The molecule has 0 unspecified atom stereocenters. The van der Waals surface area contributed by atoms with E-state index in [-0.39, 0.29) is 19.0 Å². The van der Waals surface area contributed by atoms with Gasteiger partial charge < -0.3 is 20.4 Å². The van der Waals surface area contributed by atoms with Gasteiger partial charge in [-0.25, -0.2) is 9.59 Å². The molecule has 2 atom stereocenters. The van der Waals surface area contributed by atoms with Crippen LogP contribution in [0, 0.1) is 11.3 Å². The Morgan fingerprint density at radius 1 is 1.39 bits per heavy atom. The molecule has 7 nitrogen and oxygen atoms in total. The number of aliphatic hydroxyl groups excluding tert-OH is 1. The average molecular weight is 257 g/mol. The van der Waals surface area contributed by atoms with Crippen LogP contribution in [0.25, 0.3) is 0 Å². The molecular formula is C11H19N3O4. The van der Waals surface area contributed by atoms with Crippen LogP contribution in [-0.2, 0) is 4.79 Å². The minimum absolute atomic E-state index is 0.165. The van der Waals surface area contributed by atoms with Crippen molar-refractivity contribution in [2.75, 3.05) is 6.54 Å². The topological polar surface area (TPSA) is 114 Å². The minimum Gasteiger partial charge on any atom is -0.480 e. The fourth-order valence-corrected chi connectivity index (χ4v) is 1.37. The standard InChI is InChI=1S/C11H19N3O4/c1-7(2)14(6-4-5-12)11(18)13-9(8(3)15)10(16)17/h7-9,15H,4,6H2,1-3H3,(H,13,18)(H,16,17)/t8-,9+/m1/s1. The van der Waals surface area contributed by atoms with Crippen molar-refractivity contribution in [3.8, 4) is 6.07 Å². The number of rotatable bonds is 6. The van der Waals surface area contributed by atoms with Gasteiger partial charge in [-0.15, -0.1) is 0 Å². The van der Waals surface area contributed by atoms with Gasteiger partial charge in [-0.2, -0.15) is 5.26 Å². The summed E-state index contributed by atoms with van der Waals surface area (Å²) in [6.07, 6.45) is -1.03. The van der Waals surface area contributed by atoms with E-state index in [0.29, 0.717) is 0 Å². The molecular weight excluding hydrogens is 238 g/mol. The smallest absolute Gasteiger partial charge is 0.328 e. The molecule has 0 aromatic heterocycles. The number of nitriles is 1. The lowest BCUT2D eigenvalue weighted by Crippen LogP contribution is -2.54. The third-order valence-electron chi connectivity index (χ3n) is 2.38. The number of urea groups is 1. The normalized spacial score (nSPS) is 13.6. The number of hydrogen-bond donors (Lipinski definition) is 3. The Morgan fingerprint density at radius 2 is 1.94 bits per heavy atom. The second kappa shape index (κ2) is 7.50. The highest BCUT2D eigenvalue weighted by molar-refractivity contribution is 5.83. The quantitative estimate of drug-likeness (QED) is 0.627. The number of carboxylic acid groups (broad SMARTS) is 1. The summed E-state index contributed by atoms with van der Waals surface area (Å²) in [5, 5.41) is 28.8. The van der Waals surface area contributed by atoms with Crippen molar-refractivity contribution in [3.05, 3.63) is 0 Å². The van der Waals surface area contributed by atoms with Crippen LogP contribution in [0.4, 0.5) is 4.79 Å². The number of carboxylic acids is 1. The van der Waals surface area contributed by atoms with Crippen molar-refractivity contribution in [3.63, 3.8) is 0 Å².